The Hall–Kier alpha value is -1.88. The van der Waals surface area contributed by atoms with Crippen molar-refractivity contribution in [2.75, 3.05) is 5.32 Å². The van der Waals surface area contributed by atoms with Gasteiger partial charge < -0.3 is 10.4 Å². The third-order valence-corrected chi connectivity index (χ3v) is 4.95. The van der Waals surface area contributed by atoms with Crippen molar-refractivity contribution >= 4 is 33.2 Å². The lowest BCUT2D eigenvalue weighted by Gasteiger charge is -2.24. The number of halogens is 3. The molecule has 2 N–H and O–H groups in total. The van der Waals surface area contributed by atoms with Gasteiger partial charge in [0.1, 0.15) is 5.82 Å². The maximum Gasteiger partial charge on any atom is 0.123 e. The molecule has 3 aromatic carbocycles. The van der Waals surface area contributed by atoms with E-state index in [4.69, 9.17) is 11.6 Å². The van der Waals surface area contributed by atoms with Crippen molar-refractivity contribution in [2.45, 2.75) is 18.6 Å². The van der Waals surface area contributed by atoms with Crippen molar-refractivity contribution in [3.8, 4) is 0 Å². The second kappa shape index (κ2) is 8.67. The smallest absolute Gasteiger partial charge is 0.123 e. The van der Waals surface area contributed by atoms with Crippen LogP contribution in [0.3, 0.4) is 0 Å². The lowest BCUT2D eigenvalue weighted by molar-refractivity contribution is 0.160. The van der Waals surface area contributed by atoms with Gasteiger partial charge >= 0.3 is 0 Å². The minimum atomic E-state index is -0.718. The van der Waals surface area contributed by atoms with Crippen LogP contribution >= 0.6 is 27.5 Å². The topological polar surface area (TPSA) is 32.3 Å². The van der Waals surface area contributed by atoms with E-state index in [1.54, 1.807) is 12.1 Å². The fraction of sp³-hybridized carbons (Fsp3) is 0.143. The Balaban J connectivity index is 1.83. The predicted octanol–water partition coefficient (Wildman–Crippen LogP) is 6.52. The van der Waals surface area contributed by atoms with Gasteiger partial charge in [-0.25, -0.2) is 4.39 Å². The standard InChI is InChI=1S/C21H18BrClFNO/c22-16-5-1-14(2-6-16)20(25-19-11-7-17(23)8-12-19)13-21(26)15-3-9-18(24)10-4-15/h1-12,20-21,25-26H,13H2. The van der Waals surface area contributed by atoms with Gasteiger partial charge in [0.05, 0.1) is 12.1 Å². The van der Waals surface area contributed by atoms with E-state index in [9.17, 15) is 9.50 Å². The average Bonchev–Trinajstić information content (AvgIpc) is 2.64. The van der Waals surface area contributed by atoms with Crippen LogP contribution in [-0.2, 0) is 0 Å². The highest BCUT2D eigenvalue weighted by atomic mass is 79.9. The number of rotatable bonds is 6. The average molecular weight is 435 g/mol. The van der Waals surface area contributed by atoms with Crippen molar-refractivity contribution in [1.82, 2.24) is 0 Å². The molecule has 3 aromatic rings. The molecule has 0 saturated heterocycles. The maximum atomic E-state index is 13.1. The predicted molar refractivity (Wildman–Crippen MR) is 108 cm³/mol. The number of benzene rings is 3. The first kappa shape index (κ1) is 18.9. The van der Waals surface area contributed by atoms with Crippen LogP contribution < -0.4 is 5.32 Å². The first-order valence-electron chi connectivity index (χ1n) is 8.22. The van der Waals surface area contributed by atoms with Crippen molar-refractivity contribution in [2.24, 2.45) is 0 Å². The Bertz CT molecular complexity index is 837. The van der Waals surface area contributed by atoms with Gasteiger partial charge in [-0.05, 0) is 59.7 Å². The highest BCUT2D eigenvalue weighted by Gasteiger charge is 2.18. The van der Waals surface area contributed by atoms with Gasteiger partial charge in [-0.15, -0.1) is 0 Å². The molecule has 2 atom stereocenters. The molecule has 0 radical (unpaired) electrons. The Kier molecular flexibility index (Phi) is 6.30. The van der Waals surface area contributed by atoms with Gasteiger partial charge in [-0.2, -0.15) is 0 Å². The van der Waals surface area contributed by atoms with Crippen LogP contribution in [0.15, 0.2) is 77.3 Å². The fourth-order valence-electron chi connectivity index (χ4n) is 2.77. The van der Waals surface area contributed by atoms with Crippen molar-refractivity contribution < 1.29 is 9.50 Å². The number of anilines is 1. The van der Waals surface area contributed by atoms with Crippen molar-refractivity contribution in [3.63, 3.8) is 0 Å². The number of hydrogen-bond acceptors (Lipinski definition) is 2. The molecule has 0 aliphatic heterocycles. The summed E-state index contributed by atoms with van der Waals surface area (Å²) in [6.45, 7) is 0. The highest BCUT2D eigenvalue weighted by molar-refractivity contribution is 9.10. The lowest BCUT2D eigenvalue weighted by Crippen LogP contribution is -2.15. The molecule has 26 heavy (non-hydrogen) atoms. The van der Waals surface area contributed by atoms with Crippen LogP contribution in [-0.4, -0.2) is 5.11 Å². The summed E-state index contributed by atoms with van der Waals surface area (Å²) in [6.07, 6.45) is -0.278. The fourth-order valence-corrected chi connectivity index (χ4v) is 3.16. The maximum absolute atomic E-state index is 13.1. The van der Waals surface area contributed by atoms with Gasteiger partial charge in [0, 0.05) is 21.6 Å². The second-order valence-electron chi connectivity index (χ2n) is 6.06. The minimum Gasteiger partial charge on any atom is -0.388 e. The van der Waals surface area contributed by atoms with Crippen LogP contribution in [0.2, 0.25) is 5.02 Å². The quantitative estimate of drug-likeness (QED) is 0.463. The zero-order valence-corrected chi connectivity index (χ0v) is 16.2. The van der Waals surface area contributed by atoms with Gasteiger partial charge in [0.25, 0.3) is 0 Å². The Morgan fingerprint density at radius 3 is 2.08 bits per heavy atom. The van der Waals surface area contributed by atoms with Crippen molar-refractivity contribution in [1.29, 1.82) is 0 Å². The van der Waals surface area contributed by atoms with E-state index in [-0.39, 0.29) is 11.9 Å². The molecule has 134 valence electrons. The summed E-state index contributed by atoms with van der Waals surface area (Å²) >= 11 is 9.40. The highest BCUT2D eigenvalue weighted by Crippen LogP contribution is 2.31. The molecule has 0 amide bonds. The number of aliphatic hydroxyl groups excluding tert-OH is 1. The van der Waals surface area contributed by atoms with Crippen molar-refractivity contribution in [3.05, 3.63) is 99.2 Å². The van der Waals surface area contributed by atoms with E-state index in [0.717, 1.165) is 15.7 Å². The first-order chi connectivity index (χ1) is 12.5. The van der Waals surface area contributed by atoms with E-state index >= 15 is 0 Å². The lowest BCUT2D eigenvalue weighted by atomic mass is 9.96. The van der Waals surface area contributed by atoms with Crippen LogP contribution in [0.25, 0.3) is 0 Å². The first-order valence-corrected chi connectivity index (χ1v) is 9.39. The van der Waals surface area contributed by atoms with Crippen LogP contribution in [0, 0.1) is 5.82 Å². The van der Waals surface area contributed by atoms with E-state index in [2.05, 4.69) is 21.2 Å². The second-order valence-corrected chi connectivity index (χ2v) is 7.41. The Morgan fingerprint density at radius 1 is 0.885 bits per heavy atom. The summed E-state index contributed by atoms with van der Waals surface area (Å²) in [5.74, 6) is -0.315. The van der Waals surface area contributed by atoms with Crippen LogP contribution in [0.1, 0.15) is 29.7 Å². The molecule has 0 spiro atoms. The molecule has 5 heteroatoms. The third kappa shape index (κ3) is 5.07. The van der Waals surface area contributed by atoms with E-state index in [1.807, 2.05) is 48.5 Å². The molecule has 0 heterocycles. The summed E-state index contributed by atoms with van der Waals surface area (Å²) < 4.78 is 14.1. The molecule has 2 unspecified atom stereocenters. The molecule has 0 fully saturated rings. The SMILES string of the molecule is OC(CC(Nc1ccc(Cl)cc1)c1ccc(Br)cc1)c1ccc(F)cc1. The summed E-state index contributed by atoms with van der Waals surface area (Å²) in [6, 6.07) is 21.2. The van der Waals surface area contributed by atoms with Gasteiger partial charge in [-0.3, -0.25) is 0 Å². The van der Waals surface area contributed by atoms with Crippen LogP contribution in [0.5, 0.6) is 0 Å². The molecule has 0 aliphatic carbocycles. The van der Waals surface area contributed by atoms with Crippen LogP contribution in [0.4, 0.5) is 10.1 Å². The summed E-state index contributed by atoms with van der Waals surface area (Å²) in [5, 5.41) is 14.7. The molecule has 0 aliphatic rings. The molecular formula is C21H18BrClFNO. The monoisotopic (exact) mass is 433 g/mol. The normalized spacial score (nSPS) is 13.2. The Labute approximate surface area is 165 Å². The zero-order chi connectivity index (χ0) is 18.5. The number of hydrogen-bond donors (Lipinski definition) is 2. The number of nitrogens with one attached hydrogen (secondary N) is 1. The largest absolute Gasteiger partial charge is 0.388 e. The third-order valence-electron chi connectivity index (χ3n) is 4.17. The van der Waals surface area contributed by atoms with Gasteiger partial charge in [0.15, 0.2) is 0 Å². The summed E-state index contributed by atoms with van der Waals surface area (Å²) in [7, 11) is 0. The Morgan fingerprint density at radius 2 is 1.46 bits per heavy atom. The summed E-state index contributed by atoms with van der Waals surface area (Å²) in [4.78, 5) is 0. The van der Waals surface area contributed by atoms with E-state index in [0.29, 0.717) is 17.0 Å². The van der Waals surface area contributed by atoms with E-state index < -0.39 is 6.10 Å². The summed E-state index contributed by atoms with van der Waals surface area (Å²) in [5.41, 5.74) is 2.64. The van der Waals surface area contributed by atoms with Gasteiger partial charge in [-0.1, -0.05) is 51.8 Å². The molecule has 0 aromatic heterocycles. The molecule has 2 nitrogen and oxygen atoms in total. The number of aliphatic hydroxyl groups is 1. The molecular weight excluding hydrogens is 417 g/mol. The minimum absolute atomic E-state index is 0.121. The zero-order valence-electron chi connectivity index (χ0n) is 13.9. The van der Waals surface area contributed by atoms with Gasteiger partial charge in [0.2, 0.25) is 0 Å². The van der Waals surface area contributed by atoms with E-state index in [1.165, 1.54) is 12.1 Å². The molecule has 0 saturated carbocycles. The molecule has 3 rings (SSSR count). The molecule has 0 bridgehead atoms.